The molecule has 0 unspecified atom stereocenters. The van der Waals surface area contributed by atoms with Gasteiger partial charge in [-0.1, -0.05) is 12.1 Å². The van der Waals surface area contributed by atoms with Crippen LogP contribution in [0.3, 0.4) is 0 Å². The van der Waals surface area contributed by atoms with Gasteiger partial charge in [-0.05, 0) is 32.0 Å². The van der Waals surface area contributed by atoms with Crippen LogP contribution in [-0.4, -0.2) is 74.5 Å². The number of hydrogen-bond acceptors (Lipinski definition) is 4. The third-order valence-electron chi connectivity index (χ3n) is 5.01. The third kappa shape index (κ3) is 3.87. The standard InChI is InChI=1S/C18H26N4O2/c1-20-10-12-22(13-11-20)17-5-3-2-4-16(17)18(24)19-15-6-8-21(14-23)9-7-15/h2-5,14-15H,6-13H2,1H3,(H,19,24). The van der Waals surface area contributed by atoms with Gasteiger partial charge in [0.1, 0.15) is 0 Å². The van der Waals surface area contributed by atoms with E-state index in [1.807, 2.05) is 24.3 Å². The number of piperidine rings is 1. The number of likely N-dealkylation sites (tertiary alicyclic amines) is 1. The Kier molecular flexibility index (Phi) is 5.35. The zero-order chi connectivity index (χ0) is 16.9. The van der Waals surface area contributed by atoms with Gasteiger partial charge in [0.15, 0.2) is 0 Å². The molecular formula is C18H26N4O2. The Hall–Kier alpha value is -2.08. The molecule has 0 aliphatic carbocycles. The van der Waals surface area contributed by atoms with Gasteiger partial charge in [-0.3, -0.25) is 9.59 Å². The predicted octanol–water partition coefficient (Wildman–Crippen LogP) is 0.789. The van der Waals surface area contributed by atoms with E-state index in [2.05, 4.69) is 22.2 Å². The van der Waals surface area contributed by atoms with Gasteiger partial charge in [-0.15, -0.1) is 0 Å². The minimum absolute atomic E-state index is 0.00548. The number of hydrogen-bond donors (Lipinski definition) is 1. The number of nitrogens with zero attached hydrogens (tertiary/aromatic N) is 3. The number of benzene rings is 1. The van der Waals surface area contributed by atoms with Crippen LogP contribution in [0, 0.1) is 0 Å². The van der Waals surface area contributed by atoms with Gasteiger partial charge in [0.2, 0.25) is 6.41 Å². The molecule has 0 saturated carbocycles. The molecule has 2 aliphatic heterocycles. The summed E-state index contributed by atoms with van der Waals surface area (Å²) in [6.07, 6.45) is 2.53. The number of anilines is 1. The zero-order valence-corrected chi connectivity index (χ0v) is 14.3. The van der Waals surface area contributed by atoms with Crippen LogP contribution < -0.4 is 10.2 Å². The second-order valence-corrected chi connectivity index (χ2v) is 6.70. The molecule has 2 amide bonds. The van der Waals surface area contributed by atoms with Crippen LogP contribution in [0.4, 0.5) is 5.69 Å². The minimum atomic E-state index is -0.00548. The van der Waals surface area contributed by atoms with Crippen molar-refractivity contribution in [2.45, 2.75) is 18.9 Å². The average Bonchev–Trinajstić information content (AvgIpc) is 2.63. The molecule has 0 aromatic heterocycles. The molecular weight excluding hydrogens is 304 g/mol. The van der Waals surface area contributed by atoms with Crippen molar-refractivity contribution in [1.82, 2.24) is 15.1 Å². The third-order valence-corrected chi connectivity index (χ3v) is 5.01. The van der Waals surface area contributed by atoms with Crippen molar-refractivity contribution in [3.05, 3.63) is 29.8 Å². The highest BCUT2D eigenvalue weighted by Crippen LogP contribution is 2.22. The maximum absolute atomic E-state index is 12.8. The summed E-state index contributed by atoms with van der Waals surface area (Å²) >= 11 is 0. The molecule has 24 heavy (non-hydrogen) atoms. The van der Waals surface area contributed by atoms with Crippen molar-refractivity contribution in [1.29, 1.82) is 0 Å². The van der Waals surface area contributed by atoms with Crippen LogP contribution in [0.2, 0.25) is 0 Å². The fraction of sp³-hybridized carbons (Fsp3) is 0.556. The molecule has 0 bridgehead atoms. The van der Waals surface area contributed by atoms with E-state index >= 15 is 0 Å². The number of piperazine rings is 1. The highest BCUT2D eigenvalue weighted by molar-refractivity contribution is 6.00. The number of rotatable bonds is 4. The Labute approximate surface area is 143 Å². The van der Waals surface area contributed by atoms with Gasteiger partial charge in [-0.25, -0.2) is 0 Å². The summed E-state index contributed by atoms with van der Waals surface area (Å²) in [7, 11) is 2.13. The van der Waals surface area contributed by atoms with E-state index in [0.29, 0.717) is 13.1 Å². The molecule has 1 N–H and O–H groups in total. The molecule has 2 fully saturated rings. The van der Waals surface area contributed by atoms with Gasteiger partial charge in [0.05, 0.1) is 5.56 Å². The second-order valence-electron chi connectivity index (χ2n) is 6.70. The minimum Gasteiger partial charge on any atom is -0.368 e. The molecule has 6 nitrogen and oxygen atoms in total. The molecule has 3 rings (SSSR count). The number of carbonyl (C=O) groups is 2. The predicted molar refractivity (Wildman–Crippen MR) is 94.3 cm³/mol. The lowest BCUT2D eigenvalue weighted by Crippen LogP contribution is -2.46. The van der Waals surface area contributed by atoms with Crippen molar-refractivity contribution >= 4 is 18.0 Å². The quantitative estimate of drug-likeness (QED) is 0.830. The first kappa shape index (κ1) is 16.8. The lowest BCUT2D eigenvalue weighted by atomic mass is 10.0. The molecule has 2 heterocycles. The van der Waals surface area contributed by atoms with Crippen LogP contribution in [0.5, 0.6) is 0 Å². The normalized spacial score (nSPS) is 20.0. The van der Waals surface area contributed by atoms with Gasteiger partial charge >= 0.3 is 0 Å². The van der Waals surface area contributed by atoms with Crippen LogP contribution in [0.15, 0.2) is 24.3 Å². The Morgan fingerprint density at radius 2 is 1.75 bits per heavy atom. The van der Waals surface area contributed by atoms with Crippen LogP contribution in [0.1, 0.15) is 23.2 Å². The SMILES string of the molecule is CN1CCN(c2ccccc2C(=O)NC2CCN(C=O)CC2)CC1. The first-order chi connectivity index (χ1) is 11.7. The van der Waals surface area contributed by atoms with Crippen molar-refractivity contribution in [2.75, 3.05) is 51.2 Å². The summed E-state index contributed by atoms with van der Waals surface area (Å²) in [6, 6.07) is 8.00. The second kappa shape index (κ2) is 7.66. The molecule has 1 aromatic rings. The van der Waals surface area contributed by atoms with E-state index in [0.717, 1.165) is 56.7 Å². The summed E-state index contributed by atoms with van der Waals surface area (Å²) in [5, 5.41) is 3.15. The highest BCUT2D eigenvalue weighted by Gasteiger charge is 2.23. The van der Waals surface area contributed by atoms with Gasteiger partial charge in [0.25, 0.3) is 5.91 Å². The zero-order valence-electron chi connectivity index (χ0n) is 14.3. The number of amides is 2. The van der Waals surface area contributed by atoms with Crippen LogP contribution in [0.25, 0.3) is 0 Å². The van der Waals surface area contributed by atoms with Gasteiger partial charge < -0.3 is 20.0 Å². The van der Waals surface area contributed by atoms with E-state index in [1.165, 1.54) is 0 Å². The van der Waals surface area contributed by atoms with Crippen molar-refractivity contribution in [2.24, 2.45) is 0 Å². The maximum atomic E-state index is 12.8. The Morgan fingerprint density at radius 3 is 2.42 bits per heavy atom. The monoisotopic (exact) mass is 330 g/mol. The highest BCUT2D eigenvalue weighted by atomic mass is 16.2. The van der Waals surface area contributed by atoms with Crippen molar-refractivity contribution in [3.8, 4) is 0 Å². The van der Waals surface area contributed by atoms with E-state index in [-0.39, 0.29) is 11.9 Å². The van der Waals surface area contributed by atoms with Crippen LogP contribution >= 0.6 is 0 Å². The number of likely N-dealkylation sites (N-methyl/N-ethyl adjacent to an activating group) is 1. The smallest absolute Gasteiger partial charge is 0.253 e. The summed E-state index contributed by atoms with van der Waals surface area (Å²) in [6.45, 7) is 5.35. The summed E-state index contributed by atoms with van der Waals surface area (Å²) < 4.78 is 0. The summed E-state index contributed by atoms with van der Waals surface area (Å²) in [5.41, 5.74) is 1.77. The number of carbonyl (C=O) groups excluding carboxylic acids is 2. The van der Waals surface area contributed by atoms with Gasteiger partial charge in [-0.2, -0.15) is 0 Å². The largest absolute Gasteiger partial charge is 0.368 e. The lowest BCUT2D eigenvalue weighted by molar-refractivity contribution is -0.119. The Bertz CT molecular complexity index is 576. The molecule has 2 aliphatic rings. The van der Waals surface area contributed by atoms with Crippen molar-refractivity contribution < 1.29 is 9.59 Å². The summed E-state index contributed by atoms with van der Waals surface area (Å²) in [4.78, 5) is 29.9. The molecule has 2 saturated heterocycles. The molecule has 0 radical (unpaired) electrons. The van der Waals surface area contributed by atoms with Crippen LogP contribution in [-0.2, 0) is 4.79 Å². The fourth-order valence-corrected chi connectivity index (χ4v) is 3.40. The molecule has 0 spiro atoms. The number of para-hydroxylation sites is 1. The number of nitrogens with one attached hydrogen (secondary N) is 1. The van der Waals surface area contributed by atoms with E-state index in [1.54, 1.807) is 4.90 Å². The van der Waals surface area contributed by atoms with E-state index in [4.69, 9.17) is 0 Å². The van der Waals surface area contributed by atoms with Gasteiger partial charge in [0, 0.05) is 51.0 Å². The van der Waals surface area contributed by atoms with Crippen molar-refractivity contribution in [3.63, 3.8) is 0 Å². The molecule has 1 aromatic carbocycles. The lowest BCUT2D eigenvalue weighted by Gasteiger charge is -2.35. The molecule has 0 atom stereocenters. The fourth-order valence-electron chi connectivity index (χ4n) is 3.40. The Balaban J connectivity index is 1.66. The molecule has 6 heteroatoms. The average molecular weight is 330 g/mol. The maximum Gasteiger partial charge on any atom is 0.253 e. The van der Waals surface area contributed by atoms with E-state index < -0.39 is 0 Å². The first-order valence-corrected chi connectivity index (χ1v) is 8.70. The van der Waals surface area contributed by atoms with E-state index in [9.17, 15) is 9.59 Å². The molecule has 130 valence electrons. The summed E-state index contributed by atoms with van der Waals surface area (Å²) in [5.74, 6) is -0.00548. The Morgan fingerprint density at radius 1 is 1.08 bits per heavy atom. The topological polar surface area (TPSA) is 55.9 Å². The first-order valence-electron chi connectivity index (χ1n) is 8.70.